The summed E-state index contributed by atoms with van der Waals surface area (Å²) in [5.41, 5.74) is -0.389. The van der Waals surface area contributed by atoms with Crippen LogP contribution in [0.4, 0.5) is 8.78 Å². The smallest absolute Gasteiger partial charge is 0.256 e. The quantitative estimate of drug-likeness (QED) is 0.735. The average Bonchev–Trinajstić information content (AvgIpc) is 3.50. The highest BCUT2D eigenvalue weighted by Gasteiger charge is 2.26. The van der Waals surface area contributed by atoms with Crippen LogP contribution >= 0.6 is 0 Å². The third-order valence-electron chi connectivity index (χ3n) is 4.79. The van der Waals surface area contributed by atoms with E-state index >= 15 is 0 Å². The van der Waals surface area contributed by atoms with Crippen molar-refractivity contribution in [2.75, 3.05) is 7.11 Å². The Bertz CT molecular complexity index is 1120. The second-order valence-corrected chi connectivity index (χ2v) is 6.85. The molecule has 1 N–H and O–H groups in total. The summed E-state index contributed by atoms with van der Waals surface area (Å²) in [6.07, 6.45) is 3.00. The summed E-state index contributed by atoms with van der Waals surface area (Å²) in [4.78, 5) is 25.2. The maximum atomic E-state index is 14.5. The van der Waals surface area contributed by atoms with Gasteiger partial charge in [-0.15, -0.1) is 0 Å². The van der Waals surface area contributed by atoms with Crippen molar-refractivity contribution in [1.29, 1.82) is 0 Å². The molecule has 0 radical (unpaired) electrons. The van der Waals surface area contributed by atoms with Crippen LogP contribution in [0.2, 0.25) is 0 Å². The van der Waals surface area contributed by atoms with Crippen molar-refractivity contribution in [2.45, 2.75) is 25.4 Å². The Morgan fingerprint density at radius 1 is 1.14 bits per heavy atom. The third kappa shape index (κ3) is 3.35. The van der Waals surface area contributed by atoms with E-state index in [9.17, 15) is 18.4 Å². The maximum absolute atomic E-state index is 14.5. The standard InChI is InChI=1S/C21H18F2N2O3/c1-28-14-6-2-12(3-7-14)10-25-11-15(21(27)24-13-4-5-13)20(26)18-16(22)8-9-17(23)19(18)25/h2-3,6-9,11,13H,4-5,10H2,1H3,(H,24,27). The lowest BCUT2D eigenvalue weighted by atomic mass is 10.1. The molecule has 144 valence electrons. The zero-order valence-corrected chi connectivity index (χ0v) is 15.2. The summed E-state index contributed by atoms with van der Waals surface area (Å²) in [7, 11) is 1.55. The van der Waals surface area contributed by atoms with Gasteiger partial charge >= 0.3 is 0 Å². The highest BCUT2D eigenvalue weighted by Crippen LogP contribution is 2.23. The first kappa shape index (κ1) is 18.2. The maximum Gasteiger partial charge on any atom is 0.256 e. The molecule has 0 spiro atoms. The molecule has 7 heteroatoms. The molecule has 1 amide bonds. The Hall–Kier alpha value is -3.22. The number of hydrogen-bond acceptors (Lipinski definition) is 3. The van der Waals surface area contributed by atoms with Gasteiger partial charge in [0.2, 0.25) is 5.43 Å². The van der Waals surface area contributed by atoms with E-state index in [4.69, 9.17) is 4.74 Å². The molecule has 4 rings (SSSR count). The van der Waals surface area contributed by atoms with Crippen LogP contribution in [0.15, 0.2) is 47.4 Å². The van der Waals surface area contributed by atoms with E-state index in [0.29, 0.717) is 5.75 Å². The van der Waals surface area contributed by atoms with Crippen LogP contribution in [0.1, 0.15) is 28.8 Å². The van der Waals surface area contributed by atoms with Crippen LogP contribution in [-0.4, -0.2) is 23.6 Å². The largest absolute Gasteiger partial charge is 0.497 e. The minimum atomic E-state index is -0.856. The molecule has 0 bridgehead atoms. The first-order valence-electron chi connectivity index (χ1n) is 8.93. The van der Waals surface area contributed by atoms with E-state index in [1.807, 2.05) is 0 Å². The zero-order valence-electron chi connectivity index (χ0n) is 15.2. The molecule has 0 unspecified atom stereocenters. The predicted octanol–water partition coefficient (Wildman–Crippen LogP) is 3.23. The molecule has 28 heavy (non-hydrogen) atoms. The van der Waals surface area contributed by atoms with Crippen molar-refractivity contribution in [3.8, 4) is 5.75 Å². The number of ether oxygens (including phenoxy) is 1. The van der Waals surface area contributed by atoms with E-state index in [-0.39, 0.29) is 23.7 Å². The van der Waals surface area contributed by atoms with Gasteiger partial charge < -0.3 is 14.6 Å². The molecule has 1 aliphatic rings. The molecular weight excluding hydrogens is 366 g/mol. The van der Waals surface area contributed by atoms with E-state index in [1.165, 1.54) is 10.8 Å². The van der Waals surface area contributed by atoms with Gasteiger partial charge in [-0.25, -0.2) is 8.78 Å². The van der Waals surface area contributed by atoms with E-state index < -0.39 is 28.4 Å². The van der Waals surface area contributed by atoms with Crippen molar-refractivity contribution in [3.63, 3.8) is 0 Å². The van der Waals surface area contributed by atoms with Gasteiger partial charge in [0.1, 0.15) is 22.9 Å². The summed E-state index contributed by atoms with van der Waals surface area (Å²) < 4.78 is 35.5. The third-order valence-corrected chi connectivity index (χ3v) is 4.79. The van der Waals surface area contributed by atoms with Gasteiger partial charge in [-0.1, -0.05) is 12.1 Å². The number of carbonyl (C=O) groups is 1. The van der Waals surface area contributed by atoms with Crippen LogP contribution in [0.5, 0.6) is 5.75 Å². The molecule has 1 fully saturated rings. The molecular formula is C21H18F2N2O3. The first-order chi connectivity index (χ1) is 13.5. The normalized spacial score (nSPS) is 13.5. The Labute approximate surface area is 159 Å². The fourth-order valence-corrected chi connectivity index (χ4v) is 3.16. The van der Waals surface area contributed by atoms with Gasteiger partial charge in [-0.05, 0) is 42.7 Å². The number of rotatable bonds is 5. The number of aromatic nitrogens is 1. The first-order valence-corrected chi connectivity index (χ1v) is 8.93. The Kier molecular flexibility index (Phi) is 4.58. The number of nitrogens with one attached hydrogen (secondary N) is 1. The Morgan fingerprint density at radius 2 is 1.82 bits per heavy atom. The number of fused-ring (bicyclic) bond motifs is 1. The lowest BCUT2D eigenvalue weighted by Gasteiger charge is -2.15. The summed E-state index contributed by atoms with van der Waals surface area (Å²) in [6, 6.07) is 8.98. The fourth-order valence-electron chi connectivity index (χ4n) is 3.16. The minimum absolute atomic E-state index is 0.0370. The SMILES string of the molecule is COc1ccc(Cn2cc(C(=O)NC3CC3)c(=O)c3c(F)ccc(F)c32)cc1. The van der Waals surface area contributed by atoms with Crippen LogP contribution in [0, 0.1) is 11.6 Å². The number of hydrogen-bond donors (Lipinski definition) is 1. The molecule has 0 atom stereocenters. The van der Waals surface area contributed by atoms with Gasteiger partial charge in [-0.3, -0.25) is 9.59 Å². The lowest BCUT2D eigenvalue weighted by molar-refractivity contribution is 0.0949. The van der Waals surface area contributed by atoms with Crippen LogP contribution < -0.4 is 15.5 Å². The van der Waals surface area contributed by atoms with E-state index in [1.54, 1.807) is 31.4 Å². The van der Waals surface area contributed by atoms with Crippen molar-refractivity contribution < 1.29 is 18.3 Å². The molecule has 1 saturated carbocycles. The fraction of sp³-hybridized carbons (Fsp3) is 0.238. The van der Waals surface area contributed by atoms with Gasteiger partial charge in [-0.2, -0.15) is 0 Å². The highest BCUT2D eigenvalue weighted by molar-refractivity contribution is 5.97. The number of halogens is 2. The molecule has 1 aromatic heterocycles. The highest BCUT2D eigenvalue weighted by atomic mass is 19.1. The Morgan fingerprint density at radius 3 is 2.46 bits per heavy atom. The van der Waals surface area contributed by atoms with Gasteiger partial charge in [0.05, 0.1) is 18.0 Å². The van der Waals surface area contributed by atoms with Crippen molar-refractivity contribution >= 4 is 16.8 Å². The number of amides is 1. The monoisotopic (exact) mass is 384 g/mol. The average molecular weight is 384 g/mol. The van der Waals surface area contributed by atoms with Gasteiger partial charge in [0, 0.05) is 18.8 Å². The van der Waals surface area contributed by atoms with Crippen LogP contribution in [-0.2, 0) is 6.54 Å². The summed E-state index contributed by atoms with van der Waals surface area (Å²) >= 11 is 0. The topological polar surface area (TPSA) is 60.3 Å². The second-order valence-electron chi connectivity index (χ2n) is 6.85. The van der Waals surface area contributed by atoms with Crippen molar-refractivity contribution in [3.05, 3.63) is 75.6 Å². The minimum Gasteiger partial charge on any atom is -0.497 e. The van der Waals surface area contributed by atoms with E-state index in [2.05, 4.69) is 5.32 Å². The number of benzene rings is 2. The molecule has 2 aromatic carbocycles. The molecule has 5 nitrogen and oxygen atoms in total. The van der Waals surface area contributed by atoms with Crippen LogP contribution in [0.25, 0.3) is 10.9 Å². The zero-order chi connectivity index (χ0) is 19.8. The molecule has 0 saturated heterocycles. The number of carbonyl (C=O) groups excluding carboxylic acids is 1. The summed E-state index contributed by atoms with van der Waals surface area (Å²) in [6.45, 7) is 0.158. The number of methoxy groups -OCH3 is 1. The summed E-state index contributed by atoms with van der Waals surface area (Å²) in [5.74, 6) is -1.49. The Balaban J connectivity index is 1.87. The molecule has 3 aromatic rings. The number of nitrogens with zero attached hydrogens (tertiary/aromatic N) is 1. The molecule has 1 aliphatic carbocycles. The van der Waals surface area contributed by atoms with Crippen molar-refractivity contribution in [1.82, 2.24) is 9.88 Å². The second kappa shape index (κ2) is 7.07. The number of pyridine rings is 1. The van der Waals surface area contributed by atoms with Crippen LogP contribution in [0.3, 0.4) is 0 Å². The molecule has 1 heterocycles. The predicted molar refractivity (Wildman–Crippen MR) is 101 cm³/mol. The summed E-state index contributed by atoms with van der Waals surface area (Å²) in [5, 5.41) is 2.31. The van der Waals surface area contributed by atoms with Gasteiger partial charge in [0.25, 0.3) is 5.91 Å². The van der Waals surface area contributed by atoms with E-state index in [0.717, 1.165) is 30.5 Å². The van der Waals surface area contributed by atoms with Crippen molar-refractivity contribution in [2.24, 2.45) is 0 Å². The molecule has 0 aliphatic heterocycles. The lowest BCUT2D eigenvalue weighted by Crippen LogP contribution is -2.31. The van der Waals surface area contributed by atoms with Gasteiger partial charge in [0.15, 0.2) is 0 Å².